The first-order valence-corrected chi connectivity index (χ1v) is 4.78. The summed E-state index contributed by atoms with van der Waals surface area (Å²) >= 11 is 0. The maximum Gasteiger partial charge on any atom is 0.338 e. The Morgan fingerprint density at radius 2 is 1.93 bits per heavy atom. The van der Waals surface area contributed by atoms with Gasteiger partial charge in [0.1, 0.15) is 0 Å². The summed E-state index contributed by atoms with van der Waals surface area (Å²) in [6.45, 7) is 5.75. The lowest BCUT2D eigenvalue weighted by atomic mass is 10.0. The molecule has 1 aromatic carbocycles. The van der Waals surface area contributed by atoms with E-state index in [2.05, 4.69) is 6.07 Å². The average Bonchev–Trinajstić information content (AvgIpc) is 2.17. The van der Waals surface area contributed by atoms with Gasteiger partial charge in [-0.2, -0.15) is 5.26 Å². The predicted molar refractivity (Wildman–Crippen MR) is 56.6 cm³/mol. The van der Waals surface area contributed by atoms with E-state index in [4.69, 9.17) is 10.00 Å². The van der Waals surface area contributed by atoms with Crippen molar-refractivity contribution in [1.82, 2.24) is 0 Å². The smallest absolute Gasteiger partial charge is 0.338 e. The number of nitrogens with zero attached hydrogens (tertiary/aromatic N) is 1. The minimum atomic E-state index is -0.340. The fourth-order valence-corrected chi connectivity index (χ4v) is 1.47. The quantitative estimate of drug-likeness (QED) is 0.693. The predicted octanol–water partition coefficient (Wildman–Crippen LogP) is 2.35. The molecule has 0 bridgehead atoms. The van der Waals surface area contributed by atoms with Gasteiger partial charge in [0, 0.05) is 0 Å². The molecule has 0 unspecified atom stereocenters. The van der Waals surface area contributed by atoms with E-state index in [0.717, 1.165) is 11.1 Å². The van der Waals surface area contributed by atoms with Crippen LogP contribution in [0.1, 0.15) is 34.0 Å². The highest BCUT2D eigenvalue weighted by atomic mass is 16.5. The van der Waals surface area contributed by atoms with E-state index < -0.39 is 0 Å². The molecule has 0 spiro atoms. The van der Waals surface area contributed by atoms with Crippen LogP contribution in [0.2, 0.25) is 0 Å². The topological polar surface area (TPSA) is 50.1 Å². The molecule has 0 aliphatic carbocycles. The van der Waals surface area contributed by atoms with Gasteiger partial charge in [-0.15, -0.1) is 0 Å². The number of carbonyl (C=O) groups is 1. The highest BCUT2D eigenvalue weighted by Gasteiger charge is 2.10. The van der Waals surface area contributed by atoms with Crippen LogP contribution in [0.5, 0.6) is 0 Å². The summed E-state index contributed by atoms with van der Waals surface area (Å²) in [6.07, 6.45) is 0. The van der Waals surface area contributed by atoms with Crippen LogP contribution in [-0.4, -0.2) is 12.6 Å². The van der Waals surface area contributed by atoms with Crippen molar-refractivity contribution >= 4 is 5.97 Å². The molecule has 15 heavy (non-hydrogen) atoms. The molecule has 0 fully saturated rings. The van der Waals surface area contributed by atoms with Crippen molar-refractivity contribution in [3.05, 3.63) is 34.4 Å². The van der Waals surface area contributed by atoms with Gasteiger partial charge in [0.2, 0.25) is 0 Å². The van der Waals surface area contributed by atoms with Gasteiger partial charge in [0.25, 0.3) is 0 Å². The Hall–Kier alpha value is -1.82. The molecule has 0 aromatic heterocycles. The minimum Gasteiger partial charge on any atom is -0.462 e. The number of nitriles is 1. The maximum absolute atomic E-state index is 11.4. The second-order valence-electron chi connectivity index (χ2n) is 3.32. The minimum absolute atomic E-state index is 0.340. The van der Waals surface area contributed by atoms with Crippen LogP contribution in [0.3, 0.4) is 0 Å². The second-order valence-corrected chi connectivity index (χ2v) is 3.32. The van der Waals surface area contributed by atoms with Crippen LogP contribution in [-0.2, 0) is 4.74 Å². The largest absolute Gasteiger partial charge is 0.462 e. The van der Waals surface area contributed by atoms with Crippen LogP contribution < -0.4 is 0 Å². The van der Waals surface area contributed by atoms with E-state index in [1.54, 1.807) is 19.1 Å². The lowest BCUT2D eigenvalue weighted by Gasteiger charge is -2.06. The average molecular weight is 203 g/mol. The molecule has 0 amide bonds. The SMILES string of the molecule is CCOC(=O)c1cc(C)c(C#N)c(C)c1. The van der Waals surface area contributed by atoms with Gasteiger partial charge >= 0.3 is 5.97 Å². The molecule has 3 heteroatoms. The number of carbonyl (C=O) groups excluding carboxylic acids is 1. The highest BCUT2D eigenvalue weighted by Crippen LogP contribution is 2.16. The zero-order chi connectivity index (χ0) is 11.4. The fourth-order valence-electron chi connectivity index (χ4n) is 1.47. The summed E-state index contributed by atoms with van der Waals surface area (Å²) in [4.78, 5) is 11.4. The van der Waals surface area contributed by atoms with Crippen molar-refractivity contribution < 1.29 is 9.53 Å². The summed E-state index contributed by atoms with van der Waals surface area (Å²) in [7, 11) is 0. The Morgan fingerprint density at radius 1 is 1.40 bits per heavy atom. The van der Waals surface area contributed by atoms with E-state index in [9.17, 15) is 4.79 Å². The zero-order valence-corrected chi connectivity index (χ0v) is 9.13. The third-order valence-corrected chi connectivity index (χ3v) is 2.16. The van der Waals surface area contributed by atoms with Crippen molar-refractivity contribution in [2.45, 2.75) is 20.8 Å². The van der Waals surface area contributed by atoms with E-state index in [1.165, 1.54) is 0 Å². The first-order chi connectivity index (χ1) is 7.10. The van der Waals surface area contributed by atoms with E-state index in [-0.39, 0.29) is 5.97 Å². The highest BCUT2D eigenvalue weighted by molar-refractivity contribution is 5.90. The molecule has 0 aliphatic heterocycles. The summed E-state index contributed by atoms with van der Waals surface area (Å²) in [5.41, 5.74) is 2.75. The molecular formula is C12H13NO2. The van der Waals surface area contributed by atoms with Crippen LogP contribution in [0.15, 0.2) is 12.1 Å². The van der Waals surface area contributed by atoms with Crippen molar-refractivity contribution in [1.29, 1.82) is 5.26 Å². The number of hydrogen-bond acceptors (Lipinski definition) is 3. The van der Waals surface area contributed by atoms with E-state index in [1.807, 2.05) is 13.8 Å². The van der Waals surface area contributed by atoms with Gasteiger partial charge < -0.3 is 4.74 Å². The first kappa shape index (κ1) is 11.3. The summed E-state index contributed by atoms with van der Waals surface area (Å²) < 4.78 is 4.89. The number of hydrogen-bond donors (Lipinski definition) is 0. The van der Waals surface area contributed by atoms with E-state index >= 15 is 0 Å². The van der Waals surface area contributed by atoms with Gasteiger partial charge in [-0.3, -0.25) is 0 Å². The maximum atomic E-state index is 11.4. The number of rotatable bonds is 2. The van der Waals surface area contributed by atoms with Crippen molar-refractivity contribution in [2.24, 2.45) is 0 Å². The summed E-state index contributed by atoms with van der Waals surface area (Å²) in [5.74, 6) is -0.340. The van der Waals surface area contributed by atoms with Crippen LogP contribution in [0.4, 0.5) is 0 Å². The fraction of sp³-hybridized carbons (Fsp3) is 0.333. The van der Waals surface area contributed by atoms with Gasteiger partial charge in [0.05, 0.1) is 23.8 Å². The molecule has 0 heterocycles. The summed E-state index contributed by atoms with van der Waals surface area (Å²) in [6, 6.07) is 5.48. The van der Waals surface area contributed by atoms with Crippen LogP contribution in [0.25, 0.3) is 0 Å². The Kier molecular flexibility index (Phi) is 3.46. The Balaban J connectivity index is 3.15. The molecule has 0 atom stereocenters. The number of aryl methyl sites for hydroxylation is 2. The molecular weight excluding hydrogens is 190 g/mol. The zero-order valence-electron chi connectivity index (χ0n) is 9.13. The van der Waals surface area contributed by atoms with Crippen molar-refractivity contribution in [3.8, 4) is 6.07 Å². The Morgan fingerprint density at radius 3 is 2.33 bits per heavy atom. The molecule has 0 N–H and O–H groups in total. The molecule has 0 radical (unpaired) electrons. The standard InChI is InChI=1S/C12H13NO2/c1-4-15-12(14)10-5-8(2)11(7-13)9(3)6-10/h5-6H,4H2,1-3H3. The normalized spacial score (nSPS) is 9.47. The van der Waals surface area contributed by atoms with E-state index in [0.29, 0.717) is 17.7 Å². The molecule has 0 saturated heterocycles. The third kappa shape index (κ3) is 2.35. The second kappa shape index (κ2) is 4.61. The Labute approximate surface area is 89.3 Å². The third-order valence-electron chi connectivity index (χ3n) is 2.16. The molecule has 0 aliphatic rings. The molecule has 0 saturated carbocycles. The Bertz CT molecular complexity index is 407. The van der Waals surface area contributed by atoms with Crippen LogP contribution in [0, 0.1) is 25.2 Å². The van der Waals surface area contributed by atoms with Gasteiger partial charge in [-0.1, -0.05) is 0 Å². The molecule has 1 rings (SSSR count). The monoisotopic (exact) mass is 203 g/mol. The van der Waals surface area contributed by atoms with Crippen molar-refractivity contribution in [2.75, 3.05) is 6.61 Å². The molecule has 78 valence electrons. The number of benzene rings is 1. The summed E-state index contributed by atoms with van der Waals surface area (Å²) in [5, 5.41) is 8.87. The number of ether oxygens (including phenoxy) is 1. The lowest BCUT2D eigenvalue weighted by Crippen LogP contribution is -2.06. The molecule has 3 nitrogen and oxygen atoms in total. The van der Waals surface area contributed by atoms with Crippen molar-refractivity contribution in [3.63, 3.8) is 0 Å². The first-order valence-electron chi connectivity index (χ1n) is 4.78. The molecule has 1 aromatic rings. The van der Waals surface area contributed by atoms with Crippen LogP contribution >= 0.6 is 0 Å². The van der Waals surface area contributed by atoms with Gasteiger partial charge in [-0.25, -0.2) is 4.79 Å². The van der Waals surface area contributed by atoms with Gasteiger partial charge in [-0.05, 0) is 44.0 Å². The van der Waals surface area contributed by atoms with Gasteiger partial charge in [0.15, 0.2) is 0 Å². The lowest BCUT2D eigenvalue weighted by molar-refractivity contribution is 0.0526. The number of esters is 1.